The van der Waals surface area contributed by atoms with E-state index in [4.69, 9.17) is 0 Å². The van der Waals surface area contributed by atoms with E-state index >= 15 is 0 Å². The summed E-state index contributed by atoms with van der Waals surface area (Å²) in [5.41, 5.74) is 0. The molecule has 1 aliphatic heterocycles. The normalized spacial score (nSPS) is 55.4. The zero-order valence-electron chi connectivity index (χ0n) is 7.42. The second kappa shape index (κ2) is 1.82. The van der Waals surface area contributed by atoms with Crippen molar-refractivity contribution in [1.29, 1.82) is 0 Å². The minimum absolute atomic E-state index is 1.08. The molecule has 1 nitrogen and oxygen atoms in total. The molecule has 62 valence electrons. The molecule has 2 atom stereocenters. The summed E-state index contributed by atoms with van der Waals surface area (Å²) < 4.78 is 1.50. The summed E-state index contributed by atoms with van der Waals surface area (Å²) in [6.07, 6.45) is 9.16. The number of likely N-dealkylation sites (tertiary alicyclic amines) is 1. The maximum atomic E-state index is 2.51. The molecule has 2 saturated carbocycles. The molecule has 1 saturated heterocycles. The summed E-state index contributed by atoms with van der Waals surface area (Å²) in [6, 6.07) is 3.32. The van der Waals surface area contributed by atoms with E-state index in [0.29, 0.717) is 0 Å². The molecule has 0 radical (unpaired) electrons. The molecule has 0 aromatic carbocycles. The van der Waals surface area contributed by atoms with Crippen molar-refractivity contribution in [1.82, 2.24) is 0 Å². The van der Waals surface area contributed by atoms with E-state index in [9.17, 15) is 0 Å². The van der Waals surface area contributed by atoms with Crippen molar-refractivity contribution in [2.24, 2.45) is 0 Å². The van der Waals surface area contributed by atoms with Crippen LogP contribution in [0.3, 0.4) is 0 Å². The second-order valence-corrected chi connectivity index (χ2v) is 4.87. The van der Waals surface area contributed by atoms with Gasteiger partial charge in [-0.1, -0.05) is 0 Å². The fourth-order valence-corrected chi connectivity index (χ4v) is 3.66. The molecule has 3 fully saturated rings. The summed E-state index contributed by atoms with van der Waals surface area (Å²) in [6.45, 7) is 0. The van der Waals surface area contributed by atoms with E-state index < -0.39 is 0 Å². The largest absolute Gasteiger partial charge is 0.309 e. The fourth-order valence-electron chi connectivity index (χ4n) is 3.66. The summed E-state index contributed by atoms with van der Waals surface area (Å²) in [7, 11) is 2.51. The molecule has 0 amide bonds. The van der Waals surface area contributed by atoms with Crippen LogP contribution in [0.25, 0.3) is 0 Å². The molecule has 0 aromatic heterocycles. The van der Waals surface area contributed by atoms with Crippen LogP contribution in [0.5, 0.6) is 0 Å². The Hall–Kier alpha value is -0.0400. The lowest BCUT2D eigenvalue weighted by Crippen LogP contribution is -2.33. The Balaban J connectivity index is 1.78. The monoisotopic (exact) mass is 152 g/mol. The summed E-state index contributed by atoms with van der Waals surface area (Å²) >= 11 is 0. The van der Waals surface area contributed by atoms with Gasteiger partial charge in [0.25, 0.3) is 0 Å². The lowest BCUT2D eigenvalue weighted by atomic mass is 10.0. The van der Waals surface area contributed by atoms with Crippen LogP contribution in [0.4, 0.5) is 0 Å². The molecular weight excluding hydrogens is 134 g/mol. The number of rotatable bonds is 1. The van der Waals surface area contributed by atoms with Crippen LogP contribution in [0.2, 0.25) is 0 Å². The Morgan fingerprint density at radius 2 is 1.45 bits per heavy atom. The lowest BCUT2D eigenvalue weighted by molar-refractivity contribution is -0.824. The smallest absolute Gasteiger partial charge is 0.142 e. The van der Waals surface area contributed by atoms with E-state index in [1.807, 2.05) is 0 Å². The van der Waals surface area contributed by atoms with Gasteiger partial charge in [0.05, 0.1) is 13.1 Å². The molecule has 2 aliphatic carbocycles. The van der Waals surface area contributed by atoms with E-state index in [0.717, 1.165) is 18.1 Å². The SMILES string of the molecule is C[N+]1(C2CCCC2)C2CCC21. The molecule has 1 heterocycles. The zero-order valence-corrected chi connectivity index (χ0v) is 7.42. The number of fused-ring (bicyclic) bond motifs is 1. The van der Waals surface area contributed by atoms with Crippen molar-refractivity contribution in [3.05, 3.63) is 0 Å². The van der Waals surface area contributed by atoms with Gasteiger partial charge in [0.1, 0.15) is 12.1 Å². The van der Waals surface area contributed by atoms with Gasteiger partial charge in [-0.05, 0) is 25.7 Å². The van der Waals surface area contributed by atoms with E-state index in [1.165, 1.54) is 43.0 Å². The van der Waals surface area contributed by atoms with Gasteiger partial charge in [-0.2, -0.15) is 0 Å². The third kappa shape index (κ3) is 0.618. The Labute approximate surface area is 69.0 Å². The van der Waals surface area contributed by atoms with Gasteiger partial charge >= 0.3 is 0 Å². The van der Waals surface area contributed by atoms with Gasteiger partial charge in [-0.15, -0.1) is 0 Å². The minimum Gasteiger partial charge on any atom is -0.309 e. The van der Waals surface area contributed by atoms with E-state index in [2.05, 4.69) is 7.05 Å². The highest BCUT2D eigenvalue weighted by molar-refractivity contribution is 4.99. The highest BCUT2D eigenvalue weighted by atomic mass is 15.6. The number of likely N-dealkylation sites (N-methyl/N-ethyl adjacent to an activating group) is 1. The average Bonchev–Trinajstić information content (AvgIpc) is 2.34. The van der Waals surface area contributed by atoms with Gasteiger partial charge in [-0.25, -0.2) is 0 Å². The summed E-state index contributed by atoms with van der Waals surface area (Å²) in [5, 5.41) is 0. The standard InChI is InChI=1S/C10H18N/c1-11(8-4-2-3-5-8)9-6-7-10(9)11/h8-10H,2-7H2,1H3/q+1. The number of hydrogen-bond acceptors (Lipinski definition) is 0. The number of nitrogens with zero attached hydrogens (tertiary/aromatic N) is 1. The fraction of sp³-hybridized carbons (Fsp3) is 1.00. The first-order valence-electron chi connectivity index (χ1n) is 5.19. The maximum Gasteiger partial charge on any atom is 0.142 e. The molecular formula is C10H18N+. The third-order valence-corrected chi connectivity index (χ3v) is 4.65. The predicted octanol–water partition coefficient (Wildman–Crippen LogP) is 1.92. The van der Waals surface area contributed by atoms with E-state index in [-0.39, 0.29) is 0 Å². The van der Waals surface area contributed by atoms with Gasteiger partial charge < -0.3 is 4.48 Å². The minimum atomic E-state index is 1.08. The zero-order chi connectivity index (χ0) is 7.47. The predicted molar refractivity (Wildman–Crippen MR) is 45.3 cm³/mol. The molecule has 11 heavy (non-hydrogen) atoms. The molecule has 3 rings (SSSR count). The van der Waals surface area contributed by atoms with Gasteiger partial charge in [0, 0.05) is 12.8 Å². The number of quaternary nitrogens is 1. The first kappa shape index (κ1) is 6.47. The van der Waals surface area contributed by atoms with Gasteiger partial charge in [0.15, 0.2) is 0 Å². The molecule has 0 spiro atoms. The third-order valence-electron chi connectivity index (χ3n) is 4.65. The second-order valence-electron chi connectivity index (χ2n) is 4.87. The molecule has 2 unspecified atom stereocenters. The lowest BCUT2D eigenvalue weighted by Gasteiger charge is -2.21. The van der Waals surface area contributed by atoms with Crippen LogP contribution in [0, 0.1) is 0 Å². The van der Waals surface area contributed by atoms with Crippen LogP contribution in [0.15, 0.2) is 0 Å². The van der Waals surface area contributed by atoms with Gasteiger partial charge in [0.2, 0.25) is 0 Å². The summed E-state index contributed by atoms with van der Waals surface area (Å²) in [5.74, 6) is 0. The Kier molecular flexibility index (Phi) is 1.07. The molecule has 0 N–H and O–H groups in total. The molecule has 3 aliphatic rings. The van der Waals surface area contributed by atoms with Crippen LogP contribution in [-0.4, -0.2) is 29.7 Å². The summed E-state index contributed by atoms with van der Waals surface area (Å²) in [4.78, 5) is 0. The highest BCUT2D eigenvalue weighted by Gasteiger charge is 2.71. The molecule has 1 heteroatoms. The van der Waals surface area contributed by atoms with Crippen molar-refractivity contribution >= 4 is 0 Å². The van der Waals surface area contributed by atoms with Gasteiger partial charge in [-0.3, -0.25) is 0 Å². The van der Waals surface area contributed by atoms with Crippen molar-refractivity contribution in [2.75, 3.05) is 7.05 Å². The Bertz CT molecular complexity index is 171. The van der Waals surface area contributed by atoms with Crippen molar-refractivity contribution in [3.8, 4) is 0 Å². The quantitative estimate of drug-likeness (QED) is 0.398. The maximum absolute atomic E-state index is 2.51. The first-order chi connectivity index (χ1) is 5.33. The van der Waals surface area contributed by atoms with Crippen molar-refractivity contribution < 1.29 is 4.48 Å². The van der Waals surface area contributed by atoms with Crippen LogP contribution >= 0.6 is 0 Å². The van der Waals surface area contributed by atoms with Crippen molar-refractivity contribution in [2.45, 2.75) is 56.7 Å². The van der Waals surface area contributed by atoms with Crippen LogP contribution < -0.4 is 0 Å². The van der Waals surface area contributed by atoms with Crippen LogP contribution in [0.1, 0.15) is 38.5 Å². The Morgan fingerprint density at radius 3 is 1.91 bits per heavy atom. The van der Waals surface area contributed by atoms with E-state index in [1.54, 1.807) is 0 Å². The highest BCUT2D eigenvalue weighted by Crippen LogP contribution is 2.56. The molecule has 0 aromatic rings. The first-order valence-corrected chi connectivity index (χ1v) is 5.19. The molecule has 0 bridgehead atoms. The topological polar surface area (TPSA) is 0 Å². The van der Waals surface area contributed by atoms with Crippen LogP contribution in [-0.2, 0) is 0 Å². The average molecular weight is 152 g/mol. The number of hydrogen-bond donors (Lipinski definition) is 0. The van der Waals surface area contributed by atoms with Crippen molar-refractivity contribution in [3.63, 3.8) is 0 Å². The Morgan fingerprint density at radius 1 is 0.909 bits per heavy atom.